The van der Waals surface area contributed by atoms with Gasteiger partial charge >= 0.3 is 0 Å². The Balaban J connectivity index is 2.28. The van der Waals surface area contributed by atoms with Crippen LogP contribution in [0.15, 0.2) is 24.3 Å². The van der Waals surface area contributed by atoms with Crippen molar-refractivity contribution in [1.82, 2.24) is 10.4 Å². The van der Waals surface area contributed by atoms with Gasteiger partial charge in [-0.2, -0.15) is 0 Å². The van der Waals surface area contributed by atoms with Gasteiger partial charge < -0.3 is 4.90 Å². The summed E-state index contributed by atoms with van der Waals surface area (Å²) in [5.41, 5.74) is 3.09. The van der Waals surface area contributed by atoms with E-state index in [1.54, 1.807) is 12.4 Å². The molecule has 1 aliphatic rings. The molecule has 20 heavy (non-hydrogen) atoms. The van der Waals surface area contributed by atoms with Crippen molar-refractivity contribution in [2.75, 3.05) is 6.54 Å². The summed E-state index contributed by atoms with van der Waals surface area (Å²) in [6.07, 6.45) is 0.665. The SMILES string of the molecule is Cc1cccc(C2(C)CCN(C(C)C(=O)NO)C2=O)c1. The van der Waals surface area contributed by atoms with Crippen molar-refractivity contribution in [2.45, 2.75) is 38.6 Å². The summed E-state index contributed by atoms with van der Waals surface area (Å²) in [6.45, 7) is 6.03. The quantitative estimate of drug-likeness (QED) is 0.647. The van der Waals surface area contributed by atoms with E-state index in [0.717, 1.165) is 11.1 Å². The fourth-order valence-electron chi connectivity index (χ4n) is 2.73. The molecule has 0 bridgehead atoms. The van der Waals surface area contributed by atoms with Crippen molar-refractivity contribution < 1.29 is 14.8 Å². The molecule has 0 saturated carbocycles. The van der Waals surface area contributed by atoms with Crippen LogP contribution in [0.1, 0.15) is 31.4 Å². The van der Waals surface area contributed by atoms with Crippen LogP contribution in [-0.4, -0.2) is 34.5 Å². The van der Waals surface area contributed by atoms with Gasteiger partial charge in [-0.3, -0.25) is 14.8 Å². The molecule has 1 heterocycles. The number of rotatable bonds is 3. The van der Waals surface area contributed by atoms with E-state index in [9.17, 15) is 9.59 Å². The molecule has 1 aromatic carbocycles. The lowest BCUT2D eigenvalue weighted by atomic mass is 9.80. The third-order valence-electron chi connectivity index (χ3n) is 4.20. The van der Waals surface area contributed by atoms with Gasteiger partial charge in [0.1, 0.15) is 6.04 Å². The van der Waals surface area contributed by atoms with Crippen molar-refractivity contribution in [1.29, 1.82) is 0 Å². The van der Waals surface area contributed by atoms with Crippen LogP contribution in [0.25, 0.3) is 0 Å². The van der Waals surface area contributed by atoms with Crippen LogP contribution in [0.3, 0.4) is 0 Å². The van der Waals surface area contributed by atoms with E-state index in [2.05, 4.69) is 0 Å². The number of carbonyl (C=O) groups is 2. The lowest BCUT2D eigenvalue weighted by Gasteiger charge is -2.27. The number of likely N-dealkylation sites (tertiary alicyclic amines) is 1. The first kappa shape index (κ1) is 14.5. The minimum absolute atomic E-state index is 0.0702. The number of hydrogen-bond donors (Lipinski definition) is 2. The monoisotopic (exact) mass is 276 g/mol. The smallest absolute Gasteiger partial charge is 0.265 e. The number of nitrogens with zero attached hydrogens (tertiary/aromatic N) is 1. The Hall–Kier alpha value is -1.88. The molecule has 2 N–H and O–H groups in total. The van der Waals surface area contributed by atoms with Crippen LogP contribution >= 0.6 is 0 Å². The van der Waals surface area contributed by atoms with E-state index in [0.29, 0.717) is 13.0 Å². The van der Waals surface area contributed by atoms with E-state index < -0.39 is 17.4 Å². The van der Waals surface area contributed by atoms with Crippen molar-refractivity contribution in [2.24, 2.45) is 0 Å². The van der Waals surface area contributed by atoms with Gasteiger partial charge in [-0.15, -0.1) is 0 Å². The largest absolute Gasteiger partial charge is 0.330 e. The van der Waals surface area contributed by atoms with Crippen molar-refractivity contribution in [3.05, 3.63) is 35.4 Å². The molecule has 0 aliphatic carbocycles. The van der Waals surface area contributed by atoms with Crippen LogP contribution in [0.5, 0.6) is 0 Å². The van der Waals surface area contributed by atoms with Crippen molar-refractivity contribution >= 4 is 11.8 Å². The van der Waals surface area contributed by atoms with Gasteiger partial charge in [0.25, 0.3) is 5.91 Å². The first-order valence-electron chi connectivity index (χ1n) is 6.72. The molecule has 1 fully saturated rings. The summed E-state index contributed by atoms with van der Waals surface area (Å²) < 4.78 is 0. The maximum Gasteiger partial charge on any atom is 0.265 e. The zero-order chi connectivity index (χ0) is 14.9. The maximum absolute atomic E-state index is 12.7. The van der Waals surface area contributed by atoms with Crippen LogP contribution in [0.2, 0.25) is 0 Å². The first-order chi connectivity index (χ1) is 9.40. The Labute approximate surface area is 118 Å². The molecule has 108 valence electrons. The summed E-state index contributed by atoms with van der Waals surface area (Å²) in [7, 11) is 0. The summed E-state index contributed by atoms with van der Waals surface area (Å²) in [6, 6.07) is 7.23. The van der Waals surface area contributed by atoms with Crippen LogP contribution in [0, 0.1) is 6.92 Å². The second-order valence-electron chi connectivity index (χ2n) is 5.60. The predicted molar refractivity (Wildman–Crippen MR) is 74.3 cm³/mol. The molecule has 2 atom stereocenters. The molecule has 0 aromatic heterocycles. The third-order valence-corrected chi connectivity index (χ3v) is 4.20. The highest BCUT2D eigenvalue weighted by Gasteiger charge is 2.46. The van der Waals surface area contributed by atoms with E-state index in [1.165, 1.54) is 4.90 Å². The highest BCUT2D eigenvalue weighted by Crippen LogP contribution is 2.36. The van der Waals surface area contributed by atoms with Gasteiger partial charge in [0.15, 0.2) is 0 Å². The molecule has 1 saturated heterocycles. The Kier molecular flexibility index (Phi) is 3.81. The van der Waals surface area contributed by atoms with Crippen LogP contribution in [-0.2, 0) is 15.0 Å². The number of benzene rings is 1. The normalized spacial score (nSPS) is 23.8. The highest BCUT2D eigenvalue weighted by atomic mass is 16.5. The Morgan fingerprint density at radius 2 is 2.20 bits per heavy atom. The molecule has 0 spiro atoms. The molecule has 1 aliphatic heterocycles. The second-order valence-corrected chi connectivity index (χ2v) is 5.60. The van der Waals surface area contributed by atoms with E-state index in [-0.39, 0.29) is 5.91 Å². The van der Waals surface area contributed by atoms with E-state index >= 15 is 0 Å². The number of hydrogen-bond acceptors (Lipinski definition) is 3. The van der Waals surface area contributed by atoms with Gasteiger partial charge in [0, 0.05) is 6.54 Å². The zero-order valence-electron chi connectivity index (χ0n) is 12.0. The van der Waals surface area contributed by atoms with Gasteiger partial charge in [-0.1, -0.05) is 29.8 Å². The summed E-state index contributed by atoms with van der Waals surface area (Å²) in [5, 5.41) is 8.70. The first-order valence-corrected chi connectivity index (χ1v) is 6.72. The summed E-state index contributed by atoms with van der Waals surface area (Å²) >= 11 is 0. The Morgan fingerprint density at radius 1 is 1.50 bits per heavy atom. The summed E-state index contributed by atoms with van der Waals surface area (Å²) in [5.74, 6) is -0.633. The second kappa shape index (κ2) is 5.25. The number of amides is 2. The molecule has 2 rings (SSSR count). The molecule has 0 radical (unpaired) electrons. The lowest BCUT2D eigenvalue weighted by molar-refractivity contribution is -0.143. The number of hydroxylamine groups is 1. The van der Waals surface area contributed by atoms with Gasteiger partial charge in [-0.25, -0.2) is 5.48 Å². The molecule has 5 heteroatoms. The van der Waals surface area contributed by atoms with E-state index in [1.807, 2.05) is 38.1 Å². The predicted octanol–water partition coefficient (Wildman–Crippen LogP) is 1.38. The molecule has 2 unspecified atom stereocenters. The average Bonchev–Trinajstić information content (AvgIpc) is 2.75. The zero-order valence-corrected chi connectivity index (χ0v) is 12.0. The molecule has 1 aromatic rings. The van der Waals surface area contributed by atoms with Crippen molar-refractivity contribution in [3.63, 3.8) is 0 Å². The van der Waals surface area contributed by atoms with E-state index in [4.69, 9.17) is 5.21 Å². The number of carbonyl (C=O) groups excluding carboxylic acids is 2. The third kappa shape index (κ3) is 2.29. The molecule has 2 amide bonds. The fourth-order valence-corrected chi connectivity index (χ4v) is 2.73. The topological polar surface area (TPSA) is 69.6 Å². The molecular formula is C15H20N2O3. The minimum Gasteiger partial charge on any atom is -0.330 e. The van der Waals surface area contributed by atoms with Crippen molar-refractivity contribution in [3.8, 4) is 0 Å². The standard InChI is InChI=1S/C15H20N2O3/c1-10-5-4-6-12(9-10)15(3)7-8-17(14(15)19)11(2)13(18)16-20/h4-6,9,11,20H,7-8H2,1-3H3,(H,16,18). The highest BCUT2D eigenvalue weighted by molar-refractivity contribution is 5.94. The average molecular weight is 276 g/mol. The summed E-state index contributed by atoms with van der Waals surface area (Å²) in [4.78, 5) is 25.7. The van der Waals surface area contributed by atoms with Gasteiger partial charge in [0.2, 0.25) is 5.91 Å². The molecule has 5 nitrogen and oxygen atoms in total. The fraction of sp³-hybridized carbons (Fsp3) is 0.467. The maximum atomic E-state index is 12.7. The van der Waals surface area contributed by atoms with Crippen LogP contribution < -0.4 is 5.48 Å². The van der Waals surface area contributed by atoms with Gasteiger partial charge in [0.05, 0.1) is 5.41 Å². The Bertz CT molecular complexity index is 544. The number of aryl methyl sites for hydroxylation is 1. The lowest BCUT2D eigenvalue weighted by Crippen LogP contribution is -2.47. The Morgan fingerprint density at radius 3 is 2.80 bits per heavy atom. The minimum atomic E-state index is -0.667. The van der Waals surface area contributed by atoms with Gasteiger partial charge in [-0.05, 0) is 32.8 Å². The number of nitrogens with one attached hydrogen (secondary N) is 1. The molecular weight excluding hydrogens is 256 g/mol. The van der Waals surface area contributed by atoms with Crippen LogP contribution in [0.4, 0.5) is 0 Å².